The summed E-state index contributed by atoms with van der Waals surface area (Å²) in [6, 6.07) is 4.62. The van der Waals surface area contributed by atoms with Gasteiger partial charge in [0, 0.05) is 25.0 Å². The number of ether oxygens (including phenoxy) is 1. The minimum Gasteiger partial charge on any atom is -0.444 e. The van der Waals surface area contributed by atoms with E-state index < -0.39 is 45.3 Å². The molecule has 0 bridgehead atoms. The molecular formula is C31H43ClN4O7S. The second-order valence-corrected chi connectivity index (χ2v) is 15.1. The highest BCUT2D eigenvalue weighted by molar-refractivity contribution is 7.91. The molecule has 1 saturated carbocycles. The molecule has 1 aromatic rings. The first-order chi connectivity index (χ1) is 20.6. The lowest BCUT2D eigenvalue weighted by Gasteiger charge is -2.30. The van der Waals surface area contributed by atoms with Crippen molar-refractivity contribution in [2.24, 2.45) is 11.3 Å². The first-order valence-electron chi connectivity index (χ1n) is 15.2. The van der Waals surface area contributed by atoms with Crippen LogP contribution in [0.5, 0.6) is 0 Å². The summed E-state index contributed by atoms with van der Waals surface area (Å²) in [5.41, 5.74) is -1.71. The van der Waals surface area contributed by atoms with E-state index in [1.54, 1.807) is 39.0 Å². The van der Waals surface area contributed by atoms with E-state index in [2.05, 4.69) is 10.0 Å². The summed E-state index contributed by atoms with van der Waals surface area (Å²) in [6.07, 6.45) is 7.81. The van der Waals surface area contributed by atoms with Crippen molar-refractivity contribution in [3.05, 3.63) is 41.4 Å². The van der Waals surface area contributed by atoms with Crippen LogP contribution in [0.2, 0.25) is 5.02 Å². The Kier molecular flexibility index (Phi) is 10.3. The number of rotatable bonds is 5. The van der Waals surface area contributed by atoms with E-state index in [1.807, 2.05) is 12.2 Å². The number of nitrogens with zero attached hydrogens (tertiary/aromatic N) is 2. The van der Waals surface area contributed by atoms with E-state index in [-0.39, 0.29) is 29.7 Å². The number of hydrogen-bond donors (Lipinski definition) is 2. The third kappa shape index (κ3) is 8.12. The van der Waals surface area contributed by atoms with E-state index in [0.29, 0.717) is 43.7 Å². The molecule has 1 aromatic carbocycles. The van der Waals surface area contributed by atoms with Crippen LogP contribution in [0.3, 0.4) is 0 Å². The van der Waals surface area contributed by atoms with Crippen molar-refractivity contribution >= 4 is 51.2 Å². The zero-order valence-electron chi connectivity index (χ0n) is 25.8. The smallest absolute Gasteiger partial charge is 0.408 e. The average molecular weight is 651 g/mol. The fourth-order valence-electron chi connectivity index (χ4n) is 5.98. The van der Waals surface area contributed by atoms with E-state index in [0.717, 1.165) is 23.6 Å². The first kappa shape index (κ1) is 33.8. The van der Waals surface area contributed by atoms with Crippen LogP contribution in [0.1, 0.15) is 78.6 Å². The van der Waals surface area contributed by atoms with Gasteiger partial charge in [-0.3, -0.25) is 18.7 Å². The first-order valence-corrected chi connectivity index (χ1v) is 17.0. The molecule has 4 rings (SSSR count). The molecule has 242 valence electrons. The highest BCUT2D eigenvalue weighted by atomic mass is 35.5. The maximum Gasteiger partial charge on any atom is 0.408 e. The zero-order chi connectivity index (χ0) is 32.3. The lowest BCUT2D eigenvalue weighted by Crippen LogP contribution is -2.53. The minimum atomic E-state index is -4.31. The summed E-state index contributed by atoms with van der Waals surface area (Å²) in [5, 5.41) is 3.06. The second kappa shape index (κ2) is 13.5. The van der Waals surface area contributed by atoms with E-state index in [1.165, 1.54) is 18.0 Å². The standard InChI is InChI=1S/C31H43ClN4O7S/c1-30(2,3)43-29(40)33-24-15-9-7-5-6-8-12-21-19-31(21,20-26(37)25-16-11-17-36(25)27(24)38)28(39)34-44(41,42)35(4)23-14-10-13-22(32)18-23/h8,10,12-14,18,21,24-25H,5-7,9,11,15-17,19-20H2,1-4H3,(H,33,40)(H,34,39)/b12-8-/t21-,24+,25+,31-/m1/s1. The molecule has 0 spiro atoms. The summed E-state index contributed by atoms with van der Waals surface area (Å²) in [4.78, 5) is 55.4. The van der Waals surface area contributed by atoms with E-state index in [4.69, 9.17) is 16.3 Å². The molecule has 2 fully saturated rings. The number of fused-ring (bicyclic) bond motifs is 2. The van der Waals surface area contributed by atoms with Gasteiger partial charge in [0.05, 0.1) is 17.1 Å². The van der Waals surface area contributed by atoms with Gasteiger partial charge in [-0.2, -0.15) is 8.42 Å². The van der Waals surface area contributed by atoms with Gasteiger partial charge < -0.3 is 15.0 Å². The Labute approximate surface area is 264 Å². The molecule has 0 radical (unpaired) electrons. The fourth-order valence-corrected chi connectivity index (χ4v) is 7.13. The van der Waals surface area contributed by atoms with Crippen molar-refractivity contribution < 1.29 is 32.3 Å². The van der Waals surface area contributed by atoms with Crippen LogP contribution >= 0.6 is 11.6 Å². The van der Waals surface area contributed by atoms with Gasteiger partial charge in [0.2, 0.25) is 11.8 Å². The molecule has 4 atom stereocenters. The summed E-state index contributed by atoms with van der Waals surface area (Å²) in [5.74, 6) is -1.71. The summed E-state index contributed by atoms with van der Waals surface area (Å²) in [6.45, 7) is 5.57. The number of hydrogen-bond acceptors (Lipinski definition) is 7. The number of carbonyl (C=O) groups is 4. The topological polar surface area (TPSA) is 142 Å². The highest BCUT2D eigenvalue weighted by Crippen LogP contribution is 2.57. The third-order valence-electron chi connectivity index (χ3n) is 8.46. The molecule has 1 saturated heterocycles. The third-order valence-corrected chi connectivity index (χ3v) is 10.1. The molecule has 3 amide bonds. The Morgan fingerprint density at radius 3 is 2.57 bits per heavy atom. The number of alkyl carbamates (subject to hydrolysis) is 1. The maximum absolute atomic E-state index is 13.8. The lowest BCUT2D eigenvalue weighted by molar-refractivity contribution is -0.140. The second-order valence-electron chi connectivity index (χ2n) is 12.9. The number of allylic oxidation sites excluding steroid dienone is 2. The van der Waals surface area contributed by atoms with E-state index >= 15 is 0 Å². The van der Waals surface area contributed by atoms with Crippen molar-refractivity contribution in [3.8, 4) is 0 Å². The Balaban J connectivity index is 1.55. The number of amides is 3. The average Bonchev–Trinajstić information content (AvgIpc) is 3.39. The summed E-state index contributed by atoms with van der Waals surface area (Å²) < 4.78 is 35.0. The molecule has 11 nitrogen and oxygen atoms in total. The van der Waals surface area contributed by atoms with Crippen LogP contribution in [0.4, 0.5) is 10.5 Å². The molecule has 2 aliphatic heterocycles. The number of halogens is 1. The van der Waals surface area contributed by atoms with Crippen molar-refractivity contribution in [2.75, 3.05) is 17.9 Å². The van der Waals surface area contributed by atoms with Crippen LogP contribution in [0.25, 0.3) is 0 Å². The van der Waals surface area contributed by atoms with Crippen LogP contribution < -0.4 is 14.3 Å². The van der Waals surface area contributed by atoms with Crippen molar-refractivity contribution in [1.29, 1.82) is 0 Å². The van der Waals surface area contributed by atoms with Gasteiger partial charge in [-0.25, -0.2) is 9.52 Å². The van der Waals surface area contributed by atoms with Crippen LogP contribution in [-0.2, 0) is 29.3 Å². The summed E-state index contributed by atoms with van der Waals surface area (Å²) in [7, 11) is -2.99. The SMILES string of the molecule is CN(c1cccc(Cl)c1)S(=O)(=O)NC(=O)[C@]12CC(=O)[C@@H]3CCCN3C(=O)[C@@H](NC(=O)OC(C)(C)C)CCCCC/C=C\[C@@H]1C2. The van der Waals surface area contributed by atoms with Crippen molar-refractivity contribution in [3.63, 3.8) is 0 Å². The Bertz CT molecular complexity index is 1410. The fraction of sp³-hybridized carbons (Fsp3) is 0.613. The lowest BCUT2D eigenvalue weighted by atomic mass is 9.91. The molecule has 2 heterocycles. The number of ketones is 1. The quantitative estimate of drug-likeness (QED) is 0.447. The summed E-state index contributed by atoms with van der Waals surface area (Å²) >= 11 is 6.04. The molecule has 44 heavy (non-hydrogen) atoms. The Hall–Kier alpha value is -3.12. The van der Waals surface area contributed by atoms with Gasteiger partial charge >= 0.3 is 16.3 Å². The van der Waals surface area contributed by atoms with Crippen molar-refractivity contribution in [1.82, 2.24) is 14.9 Å². The predicted octanol–water partition coefficient (Wildman–Crippen LogP) is 4.51. The minimum absolute atomic E-state index is 0.206. The van der Waals surface area contributed by atoms with Gasteiger partial charge in [-0.05, 0) is 83.4 Å². The van der Waals surface area contributed by atoms with Gasteiger partial charge in [0.25, 0.3) is 0 Å². The van der Waals surface area contributed by atoms with Gasteiger partial charge in [-0.15, -0.1) is 0 Å². The zero-order valence-corrected chi connectivity index (χ0v) is 27.4. The Morgan fingerprint density at radius 2 is 1.86 bits per heavy atom. The largest absolute Gasteiger partial charge is 0.444 e. The molecular weight excluding hydrogens is 608 g/mol. The molecule has 0 aromatic heterocycles. The van der Waals surface area contributed by atoms with Crippen LogP contribution in [-0.4, -0.2) is 68.3 Å². The molecule has 3 aliphatic rings. The van der Waals surface area contributed by atoms with Crippen LogP contribution in [0.15, 0.2) is 36.4 Å². The normalized spacial score (nSPS) is 27.2. The van der Waals surface area contributed by atoms with Gasteiger partial charge in [0.1, 0.15) is 11.6 Å². The Morgan fingerprint density at radius 1 is 1.11 bits per heavy atom. The predicted molar refractivity (Wildman–Crippen MR) is 167 cm³/mol. The number of anilines is 1. The number of carbonyl (C=O) groups excluding carboxylic acids is 4. The molecule has 2 N–H and O–H groups in total. The molecule has 0 unspecified atom stereocenters. The van der Waals surface area contributed by atoms with E-state index in [9.17, 15) is 27.6 Å². The maximum atomic E-state index is 13.8. The van der Waals surface area contributed by atoms with Gasteiger partial charge in [-0.1, -0.05) is 42.7 Å². The monoisotopic (exact) mass is 650 g/mol. The van der Waals surface area contributed by atoms with Crippen LogP contribution in [0, 0.1) is 11.3 Å². The highest BCUT2D eigenvalue weighted by Gasteiger charge is 2.61. The number of Topliss-reactive ketones (excluding diaryl/α,β-unsaturated/α-hetero) is 1. The molecule has 1 aliphatic carbocycles. The molecule has 13 heteroatoms. The number of nitrogens with one attached hydrogen (secondary N) is 2. The number of benzene rings is 1. The van der Waals surface area contributed by atoms with Gasteiger partial charge in [0.15, 0.2) is 5.78 Å². The van der Waals surface area contributed by atoms with Crippen molar-refractivity contribution in [2.45, 2.75) is 96.2 Å².